The fraction of sp³-hybridized carbons (Fsp3) is 0.700. The van der Waals surface area contributed by atoms with Crippen molar-refractivity contribution in [2.75, 3.05) is 19.6 Å². The molecular formula is C10H14N2. The molecule has 1 heterocycles. The smallest absolute Gasteiger partial charge is 0.0656 e. The van der Waals surface area contributed by atoms with E-state index in [4.69, 9.17) is 11.7 Å². The number of rotatable bonds is 2. The van der Waals surface area contributed by atoms with Crippen LogP contribution in [0, 0.1) is 29.6 Å². The van der Waals surface area contributed by atoms with E-state index in [1.807, 2.05) is 0 Å². The molecule has 12 heavy (non-hydrogen) atoms. The van der Waals surface area contributed by atoms with Gasteiger partial charge in [0.1, 0.15) is 0 Å². The second-order valence-electron chi connectivity index (χ2n) is 3.20. The topological polar surface area (TPSA) is 27.0 Å². The van der Waals surface area contributed by atoms with E-state index < -0.39 is 0 Å². The molecule has 2 heteroatoms. The summed E-state index contributed by atoms with van der Waals surface area (Å²) in [5.74, 6) is 2.92. The third kappa shape index (κ3) is 2.57. The Bertz CT molecular complexity index is 201. The number of nitriles is 1. The lowest BCUT2D eigenvalue weighted by atomic mass is 9.99. The largest absolute Gasteiger partial charge is 0.302 e. The molecule has 0 aromatic heterocycles. The summed E-state index contributed by atoms with van der Waals surface area (Å²) in [6.07, 6.45) is 8.03. The van der Waals surface area contributed by atoms with Crippen molar-refractivity contribution in [3.8, 4) is 18.4 Å². The minimum atomic E-state index is 0.284. The summed E-state index contributed by atoms with van der Waals surface area (Å²) >= 11 is 0. The number of terminal acetylenes is 1. The Morgan fingerprint density at radius 2 is 2.08 bits per heavy atom. The number of piperidine rings is 1. The predicted molar refractivity (Wildman–Crippen MR) is 48.2 cm³/mol. The van der Waals surface area contributed by atoms with Gasteiger partial charge in [-0.3, -0.25) is 0 Å². The van der Waals surface area contributed by atoms with E-state index in [0.29, 0.717) is 0 Å². The van der Waals surface area contributed by atoms with E-state index in [2.05, 4.69) is 16.9 Å². The molecule has 1 aliphatic rings. The van der Waals surface area contributed by atoms with Gasteiger partial charge in [0.25, 0.3) is 0 Å². The predicted octanol–water partition coefficient (Wildman–Crippen LogP) is 1.25. The first-order chi connectivity index (χ1) is 5.86. The minimum absolute atomic E-state index is 0.284. The normalized spacial score (nSPS) is 19.8. The van der Waals surface area contributed by atoms with Gasteiger partial charge in [-0.15, -0.1) is 12.3 Å². The van der Waals surface area contributed by atoms with E-state index in [-0.39, 0.29) is 5.92 Å². The van der Waals surface area contributed by atoms with Crippen LogP contribution in [0.5, 0.6) is 0 Å². The lowest BCUT2D eigenvalue weighted by Crippen LogP contribution is -2.33. The van der Waals surface area contributed by atoms with Gasteiger partial charge in [0.05, 0.1) is 6.07 Å². The van der Waals surface area contributed by atoms with Crippen LogP contribution in [0.3, 0.4) is 0 Å². The molecule has 0 aromatic carbocycles. The highest BCUT2D eigenvalue weighted by atomic mass is 15.1. The summed E-state index contributed by atoms with van der Waals surface area (Å²) < 4.78 is 0. The van der Waals surface area contributed by atoms with Gasteiger partial charge in [-0.1, -0.05) is 0 Å². The Hall–Kier alpha value is -0.990. The first-order valence-corrected chi connectivity index (χ1v) is 4.42. The van der Waals surface area contributed by atoms with Gasteiger partial charge >= 0.3 is 0 Å². The van der Waals surface area contributed by atoms with E-state index in [0.717, 1.165) is 38.9 Å². The molecule has 1 rings (SSSR count). The molecule has 1 aliphatic heterocycles. The quantitative estimate of drug-likeness (QED) is 0.571. The summed E-state index contributed by atoms with van der Waals surface area (Å²) in [6.45, 7) is 3.08. The van der Waals surface area contributed by atoms with E-state index in [1.165, 1.54) is 0 Å². The van der Waals surface area contributed by atoms with Gasteiger partial charge in [-0.25, -0.2) is 0 Å². The van der Waals surface area contributed by atoms with Gasteiger partial charge in [0.2, 0.25) is 0 Å². The first-order valence-electron chi connectivity index (χ1n) is 4.42. The van der Waals surface area contributed by atoms with Gasteiger partial charge in [-0.2, -0.15) is 5.26 Å². The fourth-order valence-corrected chi connectivity index (χ4v) is 1.51. The zero-order valence-corrected chi connectivity index (χ0v) is 7.29. The standard InChI is InChI=1S/C10H14N2/c1-2-3-6-12-7-4-10(9-11)5-8-12/h1,10H,3-8H2. The summed E-state index contributed by atoms with van der Waals surface area (Å²) in [7, 11) is 0. The molecule has 0 atom stereocenters. The average molecular weight is 162 g/mol. The van der Waals surface area contributed by atoms with Crippen LogP contribution in [0.15, 0.2) is 0 Å². The van der Waals surface area contributed by atoms with E-state index in [9.17, 15) is 0 Å². The van der Waals surface area contributed by atoms with Crippen molar-refractivity contribution in [1.29, 1.82) is 5.26 Å². The third-order valence-electron chi connectivity index (χ3n) is 2.34. The fourth-order valence-electron chi connectivity index (χ4n) is 1.51. The maximum atomic E-state index is 8.65. The molecule has 0 saturated carbocycles. The van der Waals surface area contributed by atoms with Gasteiger partial charge in [0.15, 0.2) is 0 Å². The van der Waals surface area contributed by atoms with E-state index in [1.54, 1.807) is 0 Å². The molecule has 1 fully saturated rings. The van der Waals surface area contributed by atoms with Crippen LogP contribution in [-0.4, -0.2) is 24.5 Å². The van der Waals surface area contributed by atoms with Crippen molar-refractivity contribution in [3.05, 3.63) is 0 Å². The van der Waals surface area contributed by atoms with Crippen LogP contribution >= 0.6 is 0 Å². The number of likely N-dealkylation sites (tertiary alicyclic amines) is 1. The molecule has 0 aliphatic carbocycles. The zero-order valence-electron chi connectivity index (χ0n) is 7.29. The van der Waals surface area contributed by atoms with Crippen LogP contribution < -0.4 is 0 Å². The number of hydrogen-bond acceptors (Lipinski definition) is 2. The molecule has 0 N–H and O–H groups in total. The Morgan fingerprint density at radius 3 is 2.58 bits per heavy atom. The highest BCUT2D eigenvalue weighted by Crippen LogP contribution is 2.15. The summed E-state index contributed by atoms with van der Waals surface area (Å²) in [5.41, 5.74) is 0. The molecule has 0 aromatic rings. The molecule has 2 nitrogen and oxygen atoms in total. The third-order valence-corrected chi connectivity index (χ3v) is 2.34. The van der Waals surface area contributed by atoms with Crippen molar-refractivity contribution < 1.29 is 0 Å². The zero-order chi connectivity index (χ0) is 8.81. The van der Waals surface area contributed by atoms with Gasteiger partial charge in [0, 0.05) is 18.9 Å². The molecule has 0 unspecified atom stereocenters. The molecule has 0 amide bonds. The molecule has 0 radical (unpaired) electrons. The van der Waals surface area contributed by atoms with Crippen LogP contribution in [0.2, 0.25) is 0 Å². The highest BCUT2D eigenvalue weighted by Gasteiger charge is 2.17. The van der Waals surface area contributed by atoms with Crippen molar-refractivity contribution in [2.45, 2.75) is 19.3 Å². The van der Waals surface area contributed by atoms with Gasteiger partial charge in [-0.05, 0) is 25.9 Å². The van der Waals surface area contributed by atoms with Crippen molar-refractivity contribution in [2.24, 2.45) is 5.92 Å². The number of hydrogen-bond donors (Lipinski definition) is 0. The van der Waals surface area contributed by atoms with Crippen molar-refractivity contribution in [1.82, 2.24) is 4.90 Å². The summed E-state index contributed by atoms with van der Waals surface area (Å²) in [6, 6.07) is 2.31. The Kier molecular flexibility index (Phi) is 3.64. The van der Waals surface area contributed by atoms with Crippen LogP contribution in [0.1, 0.15) is 19.3 Å². The monoisotopic (exact) mass is 162 g/mol. The molecular weight excluding hydrogens is 148 g/mol. The highest BCUT2D eigenvalue weighted by molar-refractivity contribution is 4.89. The van der Waals surface area contributed by atoms with Crippen LogP contribution in [0.4, 0.5) is 0 Å². The maximum absolute atomic E-state index is 8.65. The van der Waals surface area contributed by atoms with Gasteiger partial charge < -0.3 is 4.90 Å². The lowest BCUT2D eigenvalue weighted by molar-refractivity contribution is 0.210. The number of nitrogens with zero attached hydrogens (tertiary/aromatic N) is 2. The lowest BCUT2D eigenvalue weighted by Gasteiger charge is -2.28. The SMILES string of the molecule is C#CCCN1CCC(C#N)CC1. The Morgan fingerprint density at radius 1 is 1.42 bits per heavy atom. The maximum Gasteiger partial charge on any atom is 0.0656 e. The molecule has 0 bridgehead atoms. The second kappa shape index (κ2) is 4.80. The van der Waals surface area contributed by atoms with Crippen LogP contribution in [0.25, 0.3) is 0 Å². The second-order valence-corrected chi connectivity index (χ2v) is 3.20. The summed E-state index contributed by atoms with van der Waals surface area (Å²) in [4.78, 5) is 2.34. The van der Waals surface area contributed by atoms with Crippen LogP contribution in [-0.2, 0) is 0 Å². The van der Waals surface area contributed by atoms with Crippen molar-refractivity contribution in [3.63, 3.8) is 0 Å². The van der Waals surface area contributed by atoms with E-state index >= 15 is 0 Å². The van der Waals surface area contributed by atoms with Crippen molar-refractivity contribution >= 4 is 0 Å². The minimum Gasteiger partial charge on any atom is -0.302 e. The molecule has 0 spiro atoms. The first kappa shape index (κ1) is 9.10. The molecule has 64 valence electrons. The molecule has 1 saturated heterocycles. The summed E-state index contributed by atoms with van der Waals surface area (Å²) in [5, 5.41) is 8.65. The Labute approximate surface area is 74.2 Å². The Balaban J connectivity index is 2.19. The average Bonchev–Trinajstić information content (AvgIpc) is 2.15.